The van der Waals surface area contributed by atoms with E-state index in [4.69, 9.17) is 4.74 Å². The van der Waals surface area contributed by atoms with Crippen LogP contribution in [-0.4, -0.2) is 42.8 Å². The van der Waals surface area contributed by atoms with E-state index in [9.17, 15) is 4.79 Å². The van der Waals surface area contributed by atoms with E-state index in [1.54, 1.807) is 0 Å². The van der Waals surface area contributed by atoms with E-state index in [0.717, 1.165) is 26.2 Å². The van der Waals surface area contributed by atoms with Gasteiger partial charge in [0.2, 0.25) is 5.91 Å². The fourth-order valence-electron chi connectivity index (χ4n) is 2.26. The third-order valence-corrected chi connectivity index (χ3v) is 3.18. The van der Waals surface area contributed by atoms with Crippen LogP contribution in [0.25, 0.3) is 0 Å². The van der Waals surface area contributed by atoms with Gasteiger partial charge in [-0.25, -0.2) is 0 Å². The molecule has 0 aromatic carbocycles. The Kier molecular flexibility index (Phi) is 6.09. The van der Waals surface area contributed by atoms with Gasteiger partial charge in [0.25, 0.3) is 0 Å². The predicted octanol–water partition coefficient (Wildman–Crippen LogP) is 1.85. The Morgan fingerprint density at radius 2 is 2.00 bits per heavy atom. The lowest BCUT2D eigenvalue weighted by Gasteiger charge is -2.27. The van der Waals surface area contributed by atoms with Crippen LogP contribution in [0.4, 0.5) is 0 Å². The maximum atomic E-state index is 12.0. The molecule has 4 nitrogen and oxygen atoms in total. The molecule has 0 bridgehead atoms. The van der Waals surface area contributed by atoms with Crippen LogP contribution in [0.3, 0.4) is 0 Å². The van der Waals surface area contributed by atoms with E-state index in [2.05, 4.69) is 33.0 Å². The molecular weight excluding hydrogens is 228 g/mol. The molecule has 0 saturated carbocycles. The van der Waals surface area contributed by atoms with E-state index in [0.29, 0.717) is 11.8 Å². The maximum absolute atomic E-state index is 12.0. The third-order valence-electron chi connectivity index (χ3n) is 3.18. The highest BCUT2D eigenvalue weighted by atomic mass is 16.5. The van der Waals surface area contributed by atoms with Crippen LogP contribution < -0.4 is 5.32 Å². The highest BCUT2D eigenvalue weighted by Gasteiger charge is 2.36. The van der Waals surface area contributed by atoms with Crippen LogP contribution in [0.1, 0.15) is 41.0 Å². The van der Waals surface area contributed by atoms with Gasteiger partial charge in [-0.15, -0.1) is 0 Å². The smallest absolute Gasteiger partial charge is 0.240 e. The molecule has 1 amide bonds. The fraction of sp³-hybridized carbons (Fsp3) is 0.929. The first-order chi connectivity index (χ1) is 8.43. The Morgan fingerprint density at radius 1 is 1.33 bits per heavy atom. The van der Waals surface area contributed by atoms with Crippen molar-refractivity contribution in [3.63, 3.8) is 0 Å². The lowest BCUT2D eigenvalue weighted by Crippen LogP contribution is -2.42. The second kappa shape index (κ2) is 7.10. The number of nitrogens with one attached hydrogen (secondary N) is 1. The number of amides is 1. The van der Waals surface area contributed by atoms with Crippen molar-refractivity contribution < 1.29 is 9.53 Å². The van der Waals surface area contributed by atoms with Gasteiger partial charge in [0, 0.05) is 19.8 Å². The van der Waals surface area contributed by atoms with Crippen LogP contribution in [0.2, 0.25) is 0 Å². The third kappa shape index (κ3) is 4.25. The van der Waals surface area contributed by atoms with Gasteiger partial charge in [-0.05, 0) is 25.2 Å². The first-order valence-electron chi connectivity index (χ1n) is 7.07. The molecule has 4 heteroatoms. The van der Waals surface area contributed by atoms with Crippen LogP contribution in [-0.2, 0) is 9.53 Å². The Morgan fingerprint density at radius 3 is 2.56 bits per heavy atom. The first kappa shape index (κ1) is 15.4. The van der Waals surface area contributed by atoms with Gasteiger partial charge in [-0.3, -0.25) is 10.1 Å². The standard InChI is InChI=1S/C14H28N2O2/c1-10(2)9-18-8-6-7-16-13(11(3)4)15-12(5)14(16)17/h10-13,15H,6-9H2,1-5H3. The van der Waals surface area contributed by atoms with E-state index in [1.807, 2.05) is 11.8 Å². The topological polar surface area (TPSA) is 41.6 Å². The summed E-state index contributed by atoms with van der Waals surface area (Å²) in [5, 5.41) is 3.35. The number of hydrogen-bond donors (Lipinski definition) is 1. The molecule has 0 spiro atoms. The molecule has 1 saturated heterocycles. The van der Waals surface area contributed by atoms with Gasteiger partial charge in [-0.1, -0.05) is 27.7 Å². The highest BCUT2D eigenvalue weighted by molar-refractivity contribution is 5.83. The first-order valence-corrected chi connectivity index (χ1v) is 7.07. The van der Waals surface area contributed by atoms with Crippen molar-refractivity contribution in [3.8, 4) is 0 Å². The number of nitrogens with zero attached hydrogens (tertiary/aromatic N) is 1. The van der Waals surface area contributed by atoms with E-state index < -0.39 is 0 Å². The van der Waals surface area contributed by atoms with Crippen molar-refractivity contribution in [2.24, 2.45) is 11.8 Å². The van der Waals surface area contributed by atoms with Gasteiger partial charge in [0.15, 0.2) is 0 Å². The summed E-state index contributed by atoms with van der Waals surface area (Å²) in [7, 11) is 0. The van der Waals surface area contributed by atoms with Crippen molar-refractivity contribution in [2.75, 3.05) is 19.8 Å². The van der Waals surface area contributed by atoms with Gasteiger partial charge in [0.1, 0.15) is 0 Å². The average Bonchev–Trinajstić information content (AvgIpc) is 2.56. The zero-order valence-electron chi connectivity index (χ0n) is 12.4. The average molecular weight is 256 g/mol. The minimum atomic E-state index is -0.0472. The minimum absolute atomic E-state index is 0.0472. The molecule has 0 aromatic rings. The molecule has 2 unspecified atom stereocenters. The Labute approximate surface area is 111 Å². The molecule has 1 aliphatic rings. The largest absolute Gasteiger partial charge is 0.381 e. The van der Waals surface area contributed by atoms with Crippen molar-refractivity contribution in [1.82, 2.24) is 10.2 Å². The van der Waals surface area contributed by atoms with Gasteiger partial charge in [0.05, 0.1) is 12.2 Å². The van der Waals surface area contributed by atoms with Crippen molar-refractivity contribution >= 4 is 5.91 Å². The summed E-state index contributed by atoms with van der Waals surface area (Å²) in [6.45, 7) is 12.8. The Bertz CT molecular complexity index is 267. The van der Waals surface area contributed by atoms with Crippen molar-refractivity contribution in [2.45, 2.75) is 53.2 Å². The SMILES string of the molecule is CC(C)COCCCN1C(=O)C(C)NC1C(C)C. The Hall–Kier alpha value is -0.610. The maximum Gasteiger partial charge on any atom is 0.240 e. The molecule has 18 heavy (non-hydrogen) atoms. The van der Waals surface area contributed by atoms with Crippen LogP contribution in [0, 0.1) is 11.8 Å². The van der Waals surface area contributed by atoms with Gasteiger partial charge in [-0.2, -0.15) is 0 Å². The molecule has 1 heterocycles. The Balaban J connectivity index is 2.32. The summed E-state index contributed by atoms with van der Waals surface area (Å²) in [6, 6.07) is -0.0472. The molecule has 0 aliphatic carbocycles. The summed E-state index contributed by atoms with van der Waals surface area (Å²) in [6.07, 6.45) is 1.09. The lowest BCUT2D eigenvalue weighted by molar-refractivity contribution is -0.130. The number of carbonyl (C=O) groups is 1. The summed E-state index contributed by atoms with van der Waals surface area (Å²) >= 11 is 0. The van der Waals surface area contributed by atoms with E-state index in [-0.39, 0.29) is 18.1 Å². The second-order valence-corrected chi connectivity index (χ2v) is 5.93. The molecule has 1 aliphatic heterocycles. The molecule has 1 fully saturated rings. The summed E-state index contributed by atoms with van der Waals surface area (Å²) in [4.78, 5) is 14.0. The quantitative estimate of drug-likeness (QED) is 0.707. The molecule has 2 atom stereocenters. The van der Waals surface area contributed by atoms with Crippen LogP contribution in [0.5, 0.6) is 0 Å². The second-order valence-electron chi connectivity index (χ2n) is 5.93. The van der Waals surface area contributed by atoms with Crippen LogP contribution >= 0.6 is 0 Å². The molecule has 106 valence electrons. The molecule has 1 rings (SSSR count). The molecular formula is C14H28N2O2. The zero-order chi connectivity index (χ0) is 13.7. The van der Waals surface area contributed by atoms with Crippen molar-refractivity contribution in [3.05, 3.63) is 0 Å². The lowest BCUT2D eigenvalue weighted by atomic mass is 10.1. The van der Waals surface area contributed by atoms with Gasteiger partial charge < -0.3 is 9.64 Å². The number of rotatable bonds is 7. The highest BCUT2D eigenvalue weighted by Crippen LogP contribution is 2.17. The normalized spacial score (nSPS) is 24.6. The zero-order valence-corrected chi connectivity index (χ0v) is 12.4. The van der Waals surface area contributed by atoms with Crippen LogP contribution in [0.15, 0.2) is 0 Å². The van der Waals surface area contributed by atoms with Gasteiger partial charge >= 0.3 is 0 Å². The molecule has 1 N–H and O–H groups in total. The number of hydrogen-bond acceptors (Lipinski definition) is 3. The number of ether oxygens (including phenoxy) is 1. The number of carbonyl (C=O) groups excluding carboxylic acids is 1. The van der Waals surface area contributed by atoms with E-state index in [1.165, 1.54) is 0 Å². The van der Waals surface area contributed by atoms with E-state index >= 15 is 0 Å². The summed E-state index contributed by atoms with van der Waals surface area (Å²) in [5.74, 6) is 1.23. The minimum Gasteiger partial charge on any atom is -0.381 e. The summed E-state index contributed by atoms with van der Waals surface area (Å²) < 4.78 is 5.55. The summed E-state index contributed by atoms with van der Waals surface area (Å²) in [5.41, 5.74) is 0. The molecule has 0 aromatic heterocycles. The van der Waals surface area contributed by atoms with Crippen molar-refractivity contribution in [1.29, 1.82) is 0 Å². The fourth-order valence-corrected chi connectivity index (χ4v) is 2.26. The molecule has 0 radical (unpaired) electrons. The monoisotopic (exact) mass is 256 g/mol. The predicted molar refractivity (Wildman–Crippen MR) is 73.2 cm³/mol.